The van der Waals surface area contributed by atoms with E-state index in [2.05, 4.69) is 4.99 Å². The van der Waals surface area contributed by atoms with Crippen molar-refractivity contribution in [3.05, 3.63) is 23.8 Å². The number of hydrogen-bond donors (Lipinski definition) is 2. The first-order chi connectivity index (χ1) is 8.99. The molecule has 0 aliphatic heterocycles. The van der Waals surface area contributed by atoms with Crippen molar-refractivity contribution >= 4 is 34.2 Å². The first-order valence-electron chi connectivity index (χ1n) is 6.03. The van der Waals surface area contributed by atoms with Crippen molar-refractivity contribution in [1.82, 2.24) is 0 Å². The van der Waals surface area contributed by atoms with Crippen LogP contribution in [0, 0.1) is 0 Å². The number of nitrogens with zero attached hydrogens (tertiary/aromatic N) is 2. The highest BCUT2D eigenvalue weighted by Gasteiger charge is 2.10. The van der Waals surface area contributed by atoms with Gasteiger partial charge in [-0.3, -0.25) is 4.79 Å². The molecule has 1 aromatic carbocycles. The van der Waals surface area contributed by atoms with E-state index in [9.17, 15) is 4.79 Å². The monoisotopic (exact) mass is 280 g/mol. The van der Waals surface area contributed by atoms with Crippen molar-refractivity contribution < 1.29 is 4.79 Å². The van der Waals surface area contributed by atoms with Crippen LogP contribution in [0.4, 0.5) is 11.4 Å². The summed E-state index contributed by atoms with van der Waals surface area (Å²) in [6, 6.07) is 5.53. The van der Waals surface area contributed by atoms with E-state index in [0.717, 1.165) is 22.7 Å². The van der Waals surface area contributed by atoms with Crippen LogP contribution < -0.4 is 16.4 Å². The highest BCUT2D eigenvalue weighted by atomic mass is 32.2. The van der Waals surface area contributed by atoms with Crippen LogP contribution in [0.15, 0.2) is 23.2 Å². The predicted molar refractivity (Wildman–Crippen MR) is 82.8 cm³/mol. The fourth-order valence-electron chi connectivity index (χ4n) is 1.61. The summed E-state index contributed by atoms with van der Waals surface area (Å²) < 4.78 is 0. The number of thioether (sulfide) groups is 1. The van der Waals surface area contributed by atoms with Crippen LogP contribution in [-0.2, 0) is 11.3 Å². The number of rotatable bonds is 4. The SMILES string of the molecule is CCSC(N)=Nc1ccc(N(C)C(C)=O)c(CN)c1. The fourth-order valence-corrected chi connectivity index (χ4v) is 2.07. The third-order valence-electron chi connectivity index (χ3n) is 2.65. The lowest BCUT2D eigenvalue weighted by Crippen LogP contribution is -2.24. The molecule has 0 saturated heterocycles. The molecule has 0 bridgehead atoms. The summed E-state index contributed by atoms with van der Waals surface area (Å²) >= 11 is 1.49. The summed E-state index contributed by atoms with van der Waals surface area (Å²) in [5.74, 6) is 0.844. The first kappa shape index (κ1) is 15.5. The molecule has 19 heavy (non-hydrogen) atoms. The molecule has 4 N–H and O–H groups in total. The molecule has 0 aliphatic carbocycles. The Kier molecular flexibility index (Phi) is 5.85. The average molecular weight is 280 g/mol. The molecule has 5 nitrogen and oxygen atoms in total. The Balaban J connectivity index is 3.09. The second kappa shape index (κ2) is 7.16. The van der Waals surface area contributed by atoms with Gasteiger partial charge in [-0.05, 0) is 29.5 Å². The number of nitrogens with two attached hydrogens (primary N) is 2. The Morgan fingerprint density at radius 1 is 1.47 bits per heavy atom. The standard InChI is InChI=1S/C13H20N4OS/c1-4-19-13(15)16-11-5-6-12(10(7-11)8-14)17(3)9(2)18/h5-7H,4,8,14H2,1-3H3,(H2,15,16). The molecule has 104 valence electrons. The first-order valence-corrected chi connectivity index (χ1v) is 7.02. The summed E-state index contributed by atoms with van der Waals surface area (Å²) in [5, 5.41) is 0.526. The number of hydrogen-bond acceptors (Lipinski definition) is 4. The summed E-state index contributed by atoms with van der Waals surface area (Å²) in [4.78, 5) is 17.3. The van der Waals surface area contributed by atoms with E-state index in [-0.39, 0.29) is 5.91 Å². The highest BCUT2D eigenvalue weighted by Crippen LogP contribution is 2.25. The zero-order valence-electron chi connectivity index (χ0n) is 11.5. The van der Waals surface area contributed by atoms with Crippen LogP contribution in [-0.4, -0.2) is 23.9 Å². The zero-order valence-corrected chi connectivity index (χ0v) is 12.3. The quantitative estimate of drug-likeness (QED) is 0.651. The van der Waals surface area contributed by atoms with E-state index in [4.69, 9.17) is 11.5 Å². The maximum absolute atomic E-state index is 11.4. The van der Waals surface area contributed by atoms with E-state index in [1.165, 1.54) is 18.7 Å². The van der Waals surface area contributed by atoms with Crippen molar-refractivity contribution in [2.75, 3.05) is 17.7 Å². The minimum Gasteiger partial charge on any atom is -0.378 e. The lowest BCUT2D eigenvalue weighted by molar-refractivity contribution is -0.116. The van der Waals surface area contributed by atoms with Gasteiger partial charge in [0.15, 0.2) is 5.17 Å². The van der Waals surface area contributed by atoms with E-state index in [1.807, 2.05) is 25.1 Å². The van der Waals surface area contributed by atoms with Gasteiger partial charge < -0.3 is 16.4 Å². The Morgan fingerprint density at radius 3 is 2.68 bits per heavy atom. The van der Waals surface area contributed by atoms with Gasteiger partial charge in [-0.1, -0.05) is 18.7 Å². The predicted octanol–water partition coefficient (Wildman–Crippen LogP) is 1.83. The van der Waals surface area contributed by atoms with E-state index in [0.29, 0.717) is 11.7 Å². The molecule has 0 atom stereocenters. The molecule has 0 aromatic heterocycles. The van der Waals surface area contributed by atoms with Crippen molar-refractivity contribution in [3.63, 3.8) is 0 Å². The number of benzene rings is 1. The molecular formula is C13H20N4OS. The molecule has 0 heterocycles. The van der Waals surface area contributed by atoms with Gasteiger partial charge in [0.05, 0.1) is 5.69 Å². The van der Waals surface area contributed by atoms with Gasteiger partial charge in [0, 0.05) is 26.2 Å². The number of carbonyl (C=O) groups excluding carboxylic acids is 1. The average Bonchev–Trinajstić information content (AvgIpc) is 2.37. The van der Waals surface area contributed by atoms with Crippen LogP contribution in [0.3, 0.4) is 0 Å². The number of amides is 1. The number of aliphatic imine (C=N–C) groups is 1. The third-order valence-corrected chi connectivity index (χ3v) is 3.32. The number of carbonyl (C=O) groups is 1. The molecule has 0 unspecified atom stereocenters. The summed E-state index contributed by atoms with van der Waals surface area (Å²) in [7, 11) is 1.72. The van der Waals surface area contributed by atoms with Crippen molar-refractivity contribution in [2.24, 2.45) is 16.5 Å². The van der Waals surface area contributed by atoms with Crippen molar-refractivity contribution in [3.8, 4) is 0 Å². The molecule has 0 aliphatic rings. The van der Waals surface area contributed by atoms with Crippen molar-refractivity contribution in [2.45, 2.75) is 20.4 Å². The third kappa shape index (κ3) is 4.25. The summed E-state index contributed by atoms with van der Waals surface area (Å²) in [6.45, 7) is 3.88. The van der Waals surface area contributed by atoms with Crippen LogP contribution in [0.2, 0.25) is 0 Å². The van der Waals surface area contributed by atoms with Crippen LogP contribution in [0.25, 0.3) is 0 Å². The Labute approximate surface area is 118 Å². The lowest BCUT2D eigenvalue weighted by atomic mass is 10.1. The Morgan fingerprint density at radius 2 is 2.16 bits per heavy atom. The van der Waals surface area contributed by atoms with Gasteiger partial charge in [0.2, 0.25) is 5.91 Å². The van der Waals surface area contributed by atoms with Gasteiger partial charge in [0.1, 0.15) is 0 Å². The lowest BCUT2D eigenvalue weighted by Gasteiger charge is -2.18. The molecular weight excluding hydrogens is 260 g/mol. The van der Waals surface area contributed by atoms with Crippen molar-refractivity contribution in [1.29, 1.82) is 0 Å². The second-order valence-corrected chi connectivity index (χ2v) is 5.26. The topological polar surface area (TPSA) is 84.7 Å². The maximum Gasteiger partial charge on any atom is 0.223 e. The smallest absolute Gasteiger partial charge is 0.223 e. The number of anilines is 1. The molecule has 1 aromatic rings. The minimum absolute atomic E-state index is 0.0352. The van der Waals surface area contributed by atoms with Gasteiger partial charge in [-0.2, -0.15) is 0 Å². The van der Waals surface area contributed by atoms with E-state index in [1.54, 1.807) is 11.9 Å². The minimum atomic E-state index is -0.0352. The van der Waals surface area contributed by atoms with Gasteiger partial charge in [0.25, 0.3) is 0 Å². The van der Waals surface area contributed by atoms with Crippen LogP contribution >= 0.6 is 11.8 Å². The largest absolute Gasteiger partial charge is 0.378 e. The Hall–Kier alpha value is -1.53. The maximum atomic E-state index is 11.4. The van der Waals surface area contributed by atoms with Gasteiger partial charge in [-0.25, -0.2) is 4.99 Å². The van der Waals surface area contributed by atoms with Gasteiger partial charge in [-0.15, -0.1) is 0 Å². The molecule has 6 heteroatoms. The molecule has 0 saturated carbocycles. The Bertz CT molecular complexity index is 488. The normalized spacial score (nSPS) is 11.5. The van der Waals surface area contributed by atoms with Gasteiger partial charge >= 0.3 is 0 Å². The highest BCUT2D eigenvalue weighted by molar-refractivity contribution is 8.13. The molecule has 0 radical (unpaired) electrons. The molecule has 1 amide bonds. The van der Waals surface area contributed by atoms with E-state index >= 15 is 0 Å². The van der Waals surface area contributed by atoms with Crippen LogP contribution in [0.1, 0.15) is 19.4 Å². The second-order valence-electron chi connectivity index (χ2n) is 3.98. The number of amidine groups is 1. The molecule has 0 spiro atoms. The van der Waals surface area contributed by atoms with Crippen LogP contribution in [0.5, 0.6) is 0 Å². The molecule has 1 rings (SSSR count). The summed E-state index contributed by atoms with van der Waals surface area (Å²) in [6.07, 6.45) is 0. The summed E-state index contributed by atoms with van der Waals surface area (Å²) in [5.41, 5.74) is 13.9. The molecule has 0 fully saturated rings. The fraction of sp³-hybridized carbons (Fsp3) is 0.385. The van der Waals surface area contributed by atoms with E-state index < -0.39 is 0 Å². The zero-order chi connectivity index (χ0) is 14.4.